The Kier molecular flexibility index (Phi) is 4.71. The Bertz CT molecular complexity index is 404. The highest BCUT2D eigenvalue weighted by Crippen LogP contribution is 2.27. The van der Waals surface area contributed by atoms with Crippen molar-refractivity contribution in [1.29, 1.82) is 0 Å². The van der Waals surface area contributed by atoms with Crippen molar-refractivity contribution in [3.8, 4) is 0 Å². The third kappa shape index (κ3) is 3.82. The molecule has 1 rings (SSSR count). The highest BCUT2D eigenvalue weighted by Gasteiger charge is 2.23. The van der Waals surface area contributed by atoms with Crippen molar-refractivity contribution >= 4 is 27.5 Å². The van der Waals surface area contributed by atoms with Crippen LogP contribution in [-0.4, -0.2) is 19.5 Å². The second-order valence-corrected chi connectivity index (χ2v) is 5.80. The van der Waals surface area contributed by atoms with Crippen molar-refractivity contribution in [1.82, 2.24) is 0 Å². The number of para-hydroxylation sites is 1. The molecule has 3 nitrogen and oxygen atoms in total. The molecule has 0 aliphatic carbocycles. The van der Waals surface area contributed by atoms with Crippen LogP contribution in [0.1, 0.15) is 20.3 Å². The fraction of sp³-hybridized carbons (Fsp3) is 0.462. The summed E-state index contributed by atoms with van der Waals surface area (Å²) in [5, 5.41) is 0. The van der Waals surface area contributed by atoms with E-state index in [0.717, 1.165) is 10.2 Å². The lowest BCUT2D eigenvalue weighted by Crippen LogP contribution is -2.34. The predicted molar refractivity (Wildman–Crippen MR) is 75.0 cm³/mol. The molecule has 0 aliphatic rings. The molecular weight excluding hydrogens is 280 g/mol. The van der Waals surface area contributed by atoms with Crippen molar-refractivity contribution in [2.24, 2.45) is 11.1 Å². The SMILES string of the molecule is CN(C(=O)CC(C)(C)CN)c1ccccc1Br. The lowest BCUT2D eigenvalue weighted by Gasteiger charge is -2.26. The first-order chi connectivity index (χ1) is 7.87. The Morgan fingerprint density at radius 2 is 2.00 bits per heavy atom. The van der Waals surface area contributed by atoms with E-state index >= 15 is 0 Å². The van der Waals surface area contributed by atoms with Gasteiger partial charge in [-0.15, -0.1) is 0 Å². The zero-order chi connectivity index (χ0) is 13.1. The number of benzene rings is 1. The van der Waals surface area contributed by atoms with Gasteiger partial charge in [-0.2, -0.15) is 0 Å². The number of nitrogens with zero attached hydrogens (tertiary/aromatic N) is 1. The summed E-state index contributed by atoms with van der Waals surface area (Å²) in [5.41, 5.74) is 6.36. The summed E-state index contributed by atoms with van der Waals surface area (Å²) in [6.07, 6.45) is 0.446. The van der Waals surface area contributed by atoms with E-state index in [1.54, 1.807) is 11.9 Å². The fourth-order valence-electron chi connectivity index (χ4n) is 1.46. The molecule has 0 unspecified atom stereocenters. The van der Waals surface area contributed by atoms with Crippen molar-refractivity contribution in [3.63, 3.8) is 0 Å². The van der Waals surface area contributed by atoms with Gasteiger partial charge in [0.2, 0.25) is 5.91 Å². The summed E-state index contributed by atoms with van der Waals surface area (Å²) < 4.78 is 0.918. The van der Waals surface area contributed by atoms with Gasteiger partial charge in [0.05, 0.1) is 5.69 Å². The number of amides is 1. The quantitative estimate of drug-likeness (QED) is 0.929. The summed E-state index contributed by atoms with van der Waals surface area (Å²) in [6, 6.07) is 7.68. The van der Waals surface area contributed by atoms with E-state index < -0.39 is 0 Å². The monoisotopic (exact) mass is 298 g/mol. The van der Waals surface area contributed by atoms with Crippen molar-refractivity contribution in [2.45, 2.75) is 20.3 Å². The maximum absolute atomic E-state index is 12.1. The van der Waals surface area contributed by atoms with Crippen LogP contribution in [0.5, 0.6) is 0 Å². The molecule has 1 amide bonds. The lowest BCUT2D eigenvalue weighted by molar-refractivity contribution is -0.120. The summed E-state index contributed by atoms with van der Waals surface area (Å²) in [5.74, 6) is 0.0763. The van der Waals surface area contributed by atoms with E-state index in [2.05, 4.69) is 15.9 Å². The van der Waals surface area contributed by atoms with Crippen LogP contribution >= 0.6 is 15.9 Å². The number of hydrogen-bond donors (Lipinski definition) is 1. The number of hydrogen-bond acceptors (Lipinski definition) is 2. The second-order valence-electron chi connectivity index (χ2n) is 4.95. The van der Waals surface area contributed by atoms with Crippen molar-refractivity contribution < 1.29 is 4.79 Å². The molecule has 1 aromatic rings. The average Bonchev–Trinajstić information content (AvgIpc) is 2.28. The molecule has 0 spiro atoms. The predicted octanol–water partition coefficient (Wildman–Crippen LogP) is 2.79. The Morgan fingerprint density at radius 3 is 2.53 bits per heavy atom. The number of halogens is 1. The Balaban J connectivity index is 2.81. The molecule has 0 heterocycles. The molecule has 4 heteroatoms. The number of carbonyl (C=O) groups excluding carboxylic acids is 1. The zero-order valence-corrected chi connectivity index (χ0v) is 12.1. The Morgan fingerprint density at radius 1 is 1.41 bits per heavy atom. The van der Waals surface area contributed by atoms with Crippen LogP contribution in [0.3, 0.4) is 0 Å². The van der Waals surface area contributed by atoms with E-state index in [9.17, 15) is 4.79 Å². The molecule has 0 saturated heterocycles. The first kappa shape index (κ1) is 14.2. The Hall–Kier alpha value is -0.870. The smallest absolute Gasteiger partial charge is 0.227 e. The summed E-state index contributed by atoms with van der Waals surface area (Å²) >= 11 is 3.44. The molecule has 0 aromatic heterocycles. The minimum absolute atomic E-state index is 0.0763. The molecule has 0 radical (unpaired) electrons. The van der Waals surface area contributed by atoms with Crippen LogP contribution in [0.2, 0.25) is 0 Å². The Labute approximate surface area is 111 Å². The van der Waals surface area contributed by atoms with Crippen LogP contribution < -0.4 is 10.6 Å². The van der Waals surface area contributed by atoms with E-state index in [4.69, 9.17) is 5.73 Å². The molecule has 17 heavy (non-hydrogen) atoms. The van der Waals surface area contributed by atoms with E-state index in [-0.39, 0.29) is 11.3 Å². The molecule has 1 aromatic carbocycles. The van der Waals surface area contributed by atoms with Gasteiger partial charge in [-0.25, -0.2) is 0 Å². The topological polar surface area (TPSA) is 46.3 Å². The number of anilines is 1. The largest absolute Gasteiger partial charge is 0.330 e. The van der Waals surface area contributed by atoms with Gasteiger partial charge in [0.25, 0.3) is 0 Å². The zero-order valence-electron chi connectivity index (χ0n) is 10.5. The highest BCUT2D eigenvalue weighted by atomic mass is 79.9. The van der Waals surface area contributed by atoms with Crippen LogP contribution in [0.25, 0.3) is 0 Å². The molecule has 0 saturated carbocycles. The molecule has 94 valence electrons. The van der Waals surface area contributed by atoms with Gasteiger partial charge >= 0.3 is 0 Å². The van der Waals surface area contributed by atoms with E-state index in [1.807, 2.05) is 38.1 Å². The highest BCUT2D eigenvalue weighted by molar-refractivity contribution is 9.10. The first-order valence-electron chi connectivity index (χ1n) is 5.58. The molecule has 0 bridgehead atoms. The normalized spacial score (nSPS) is 11.4. The number of nitrogens with two attached hydrogens (primary N) is 1. The summed E-state index contributed by atoms with van der Waals surface area (Å²) in [4.78, 5) is 13.8. The van der Waals surface area contributed by atoms with E-state index in [1.165, 1.54) is 0 Å². The molecule has 0 aliphatic heterocycles. The lowest BCUT2D eigenvalue weighted by atomic mass is 9.89. The van der Waals surface area contributed by atoms with Crippen LogP contribution in [0.15, 0.2) is 28.7 Å². The second kappa shape index (κ2) is 5.65. The molecule has 2 N–H and O–H groups in total. The van der Waals surface area contributed by atoms with Crippen LogP contribution in [0, 0.1) is 5.41 Å². The third-order valence-corrected chi connectivity index (χ3v) is 3.44. The molecule has 0 atom stereocenters. The minimum Gasteiger partial charge on any atom is -0.330 e. The number of rotatable bonds is 4. The maximum Gasteiger partial charge on any atom is 0.227 e. The maximum atomic E-state index is 12.1. The van der Waals surface area contributed by atoms with Crippen LogP contribution in [-0.2, 0) is 4.79 Å². The summed E-state index contributed by atoms with van der Waals surface area (Å²) in [6.45, 7) is 4.50. The average molecular weight is 299 g/mol. The first-order valence-corrected chi connectivity index (χ1v) is 6.38. The van der Waals surface area contributed by atoms with Gasteiger partial charge in [0.1, 0.15) is 0 Å². The van der Waals surface area contributed by atoms with Gasteiger partial charge in [-0.1, -0.05) is 26.0 Å². The van der Waals surface area contributed by atoms with Crippen molar-refractivity contribution in [2.75, 3.05) is 18.5 Å². The molecule has 0 fully saturated rings. The van der Waals surface area contributed by atoms with E-state index in [0.29, 0.717) is 13.0 Å². The van der Waals surface area contributed by atoms with Gasteiger partial charge in [-0.05, 0) is 40.0 Å². The van der Waals surface area contributed by atoms with Crippen molar-refractivity contribution in [3.05, 3.63) is 28.7 Å². The van der Waals surface area contributed by atoms with Gasteiger partial charge in [0, 0.05) is 17.9 Å². The van der Waals surface area contributed by atoms with Gasteiger partial charge < -0.3 is 10.6 Å². The third-order valence-electron chi connectivity index (χ3n) is 2.77. The van der Waals surface area contributed by atoms with Crippen LogP contribution in [0.4, 0.5) is 5.69 Å². The summed E-state index contributed by atoms with van der Waals surface area (Å²) in [7, 11) is 1.79. The molecular formula is C13H19BrN2O. The van der Waals surface area contributed by atoms with Gasteiger partial charge in [-0.3, -0.25) is 4.79 Å². The standard InChI is InChI=1S/C13H19BrN2O/c1-13(2,9-15)8-12(17)16(3)11-7-5-4-6-10(11)14/h4-7H,8-9,15H2,1-3H3. The van der Waals surface area contributed by atoms with Gasteiger partial charge in [0.15, 0.2) is 0 Å². The minimum atomic E-state index is -0.160. The fourth-order valence-corrected chi connectivity index (χ4v) is 2.01. The number of carbonyl (C=O) groups is 1.